The van der Waals surface area contributed by atoms with Crippen LogP contribution in [-0.2, 0) is 0 Å². The van der Waals surface area contributed by atoms with E-state index >= 15 is 0 Å². The number of hydrogen-bond donors (Lipinski definition) is 0. The van der Waals surface area contributed by atoms with E-state index in [1.165, 1.54) is 0 Å². The van der Waals surface area contributed by atoms with Crippen molar-refractivity contribution in [1.29, 1.82) is 0 Å². The zero-order valence-corrected chi connectivity index (χ0v) is 11.0. The average molecular weight is 261 g/mol. The molecule has 0 aromatic heterocycles. The van der Waals surface area contributed by atoms with Gasteiger partial charge in [0.1, 0.15) is 17.8 Å². The van der Waals surface area contributed by atoms with Gasteiger partial charge in [-0.05, 0) is 49.2 Å². The molecule has 0 bridgehead atoms. The van der Waals surface area contributed by atoms with Gasteiger partial charge in [-0.25, -0.2) is 0 Å². The van der Waals surface area contributed by atoms with E-state index in [0.717, 1.165) is 23.2 Å². The molecule has 0 unspecified atom stereocenters. The third kappa shape index (κ3) is 2.71. The summed E-state index contributed by atoms with van der Waals surface area (Å²) in [5.74, 6) is 1.43. The molecule has 0 radical (unpaired) electrons. The smallest absolute Gasteiger partial charge is 0.150 e. The van der Waals surface area contributed by atoms with Gasteiger partial charge in [-0.2, -0.15) is 0 Å². The first-order chi connectivity index (χ1) is 8.60. The van der Waals surface area contributed by atoms with Crippen LogP contribution in [0.1, 0.15) is 21.5 Å². The molecule has 0 spiro atoms. The number of carbonyl (C=O) groups is 1. The van der Waals surface area contributed by atoms with E-state index in [-0.39, 0.29) is 0 Å². The first kappa shape index (κ1) is 12.7. The van der Waals surface area contributed by atoms with Gasteiger partial charge in [0.25, 0.3) is 0 Å². The number of ether oxygens (including phenoxy) is 1. The van der Waals surface area contributed by atoms with Crippen molar-refractivity contribution >= 4 is 17.9 Å². The van der Waals surface area contributed by atoms with Crippen molar-refractivity contribution in [2.75, 3.05) is 0 Å². The Morgan fingerprint density at radius 3 is 2.44 bits per heavy atom. The highest BCUT2D eigenvalue weighted by Gasteiger charge is 2.06. The van der Waals surface area contributed by atoms with Crippen LogP contribution in [0, 0.1) is 13.8 Å². The highest BCUT2D eigenvalue weighted by molar-refractivity contribution is 6.30. The number of aldehydes is 1. The van der Waals surface area contributed by atoms with Crippen molar-refractivity contribution in [3.05, 3.63) is 58.1 Å². The van der Waals surface area contributed by atoms with Crippen LogP contribution in [0.25, 0.3) is 0 Å². The predicted octanol–water partition coefficient (Wildman–Crippen LogP) is 4.56. The predicted molar refractivity (Wildman–Crippen MR) is 72.8 cm³/mol. The number of aryl methyl sites for hydroxylation is 2. The van der Waals surface area contributed by atoms with Gasteiger partial charge < -0.3 is 4.74 Å². The van der Waals surface area contributed by atoms with E-state index in [2.05, 4.69) is 0 Å². The second kappa shape index (κ2) is 5.23. The van der Waals surface area contributed by atoms with E-state index < -0.39 is 0 Å². The first-order valence-corrected chi connectivity index (χ1v) is 5.98. The summed E-state index contributed by atoms with van der Waals surface area (Å²) in [5, 5.41) is 0.679. The second-order valence-corrected chi connectivity index (χ2v) is 4.59. The summed E-state index contributed by atoms with van der Waals surface area (Å²) in [7, 11) is 0. The van der Waals surface area contributed by atoms with Crippen LogP contribution in [0.2, 0.25) is 5.02 Å². The van der Waals surface area contributed by atoms with E-state index in [9.17, 15) is 4.79 Å². The van der Waals surface area contributed by atoms with Gasteiger partial charge in [0.05, 0.1) is 0 Å². The third-order valence-corrected chi connectivity index (χ3v) is 2.94. The SMILES string of the molecule is Cc1cc(Cl)ccc1Oc1cc(C=O)ccc1C. The minimum atomic E-state index is 0.599. The molecule has 2 nitrogen and oxygen atoms in total. The van der Waals surface area contributed by atoms with Crippen molar-refractivity contribution in [3.8, 4) is 11.5 Å². The molecule has 0 saturated carbocycles. The average Bonchev–Trinajstić information content (AvgIpc) is 2.35. The highest BCUT2D eigenvalue weighted by Crippen LogP contribution is 2.29. The van der Waals surface area contributed by atoms with E-state index in [4.69, 9.17) is 16.3 Å². The molecule has 0 aliphatic heterocycles. The summed E-state index contributed by atoms with van der Waals surface area (Å²) in [5.41, 5.74) is 2.54. The molecular weight excluding hydrogens is 248 g/mol. The second-order valence-electron chi connectivity index (χ2n) is 4.15. The van der Waals surface area contributed by atoms with Crippen LogP contribution in [-0.4, -0.2) is 6.29 Å². The van der Waals surface area contributed by atoms with Crippen molar-refractivity contribution in [2.24, 2.45) is 0 Å². The Kier molecular flexibility index (Phi) is 3.68. The van der Waals surface area contributed by atoms with Crippen molar-refractivity contribution in [1.82, 2.24) is 0 Å². The van der Waals surface area contributed by atoms with Gasteiger partial charge in [0.2, 0.25) is 0 Å². The Balaban J connectivity index is 2.36. The van der Waals surface area contributed by atoms with Gasteiger partial charge in [0, 0.05) is 10.6 Å². The molecule has 0 amide bonds. The molecule has 2 aromatic rings. The maximum atomic E-state index is 10.8. The summed E-state index contributed by atoms with van der Waals surface area (Å²) in [6, 6.07) is 10.8. The van der Waals surface area contributed by atoms with Crippen LogP contribution in [0.4, 0.5) is 0 Å². The van der Waals surface area contributed by atoms with Crippen LogP contribution in [0.5, 0.6) is 11.5 Å². The Morgan fingerprint density at radius 2 is 1.78 bits per heavy atom. The summed E-state index contributed by atoms with van der Waals surface area (Å²) in [4.78, 5) is 10.8. The molecule has 92 valence electrons. The maximum Gasteiger partial charge on any atom is 0.150 e. The standard InChI is InChI=1S/C15H13ClO2/c1-10-3-4-12(9-17)8-15(10)18-14-6-5-13(16)7-11(14)2/h3-9H,1-2H3. The summed E-state index contributed by atoms with van der Waals surface area (Å²) < 4.78 is 5.82. The topological polar surface area (TPSA) is 26.3 Å². The fraction of sp³-hybridized carbons (Fsp3) is 0.133. The molecule has 0 aliphatic rings. The quantitative estimate of drug-likeness (QED) is 0.756. The van der Waals surface area contributed by atoms with Gasteiger partial charge >= 0.3 is 0 Å². The fourth-order valence-electron chi connectivity index (χ4n) is 1.65. The van der Waals surface area contributed by atoms with Crippen molar-refractivity contribution in [2.45, 2.75) is 13.8 Å². The summed E-state index contributed by atoms with van der Waals surface area (Å²) in [6.07, 6.45) is 0.807. The minimum Gasteiger partial charge on any atom is -0.457 e. The van der Waals surface area contributed by atoms with E-state index in [1.807, 2.05) is 32.0 Å². The monoisotopic (exact) mass is 260 g/mol. The molecule has 0 heterocycles. The van der Waals surface area contributed by atoms with Crippen molar-refractivity contribution < 1.29 is 9.53 Å². The zero-order valence-electron chi connectivity index (χ0n) is 10.2. The summed E-state index contributed by atoms with van der Waals surface area (Å²) in [6.45, 7) is 3.87. The van der Waals surface area contributed by atoms with Gasteiger partial charge in [0.15, 0.2) is 0 Å². The maximum absolute atomic E-state index is 10.8. The largest absolute Gasteiger partial charge is 0.457 e. The summed E-state index contributed by atoms with van der Waals surface area (Å²) >= 11 is 5.90. The van der Waals surface area contributed by atoms with Crippen LogP contribution in [0.3, 0.4) is 0 Å². The molecule has 0 atom stereocenters. The number of carbonyl (C=O) groups excluding carboxylic acids is 1. The Labute approximate surface area is 111 Å². The number of halogens is 1. The van der Waals surface area contributed by atoms with Gasteiger partial charge in [-0.3, -0.25) is 4.79 Å². The lowest BCUT2D eigenvalue weighted by Gasteiger charge is -2.11. The molecule has 3 heteroatoms. The van der Waals surface area contributed by atoms with Gasteiger partial charge in [-0.15, -0.1) is 0 Å². The first-order valence-electron chi connectivity index (χ1n) is 5.60. The molecule has 0 aliphatic carbocycles. The molecular formula is C15H13ClO2. The minimum absolute atomic E-state index is 0.599. The van der Waals surface area contributed by atoms with Crippen LogP contribution >= 0.6 is 11.6 Å². The third-order valence-electron chi connectivity index (χ3n) is 2.71. The molecule has 0 N–H and O–H groups in total. The normalized spacial score (nSPS) is 10.2. The van der Waals surface area contributed by atoms with E-state index in [1.54, 1.807) is 18.2 Å². The van der Waals surface area contributed by atoms with Gasteiger partial charge in [-0.1, -0.05) is 23.7 Å². The number of rotatable bonds is 3. The van der Waals surface area contributed by atoms with Crippen molar-refractivity contribution in [3.63, 3.8) is 0 Å². The Hall–Kier alpha value is -1.80. The van der Waals surface area contributed by atoms with Crippen LogP contribution < -0.4 is 4.74 Å². The molecule has 0 saturated heterocycles. The lowest BCUT2D eigenvalue weighted by atomic mass is 10.1. The Morgan fingerprint density at radius 1 is 1.00 bits per heavy atom. The fourth-order valence-corrected chi connectivity index (χ4v) is 1.87. The molecule has 0 fully saturated rings. The van der Waals surface area contributed by atoms with Crippen LogP contribution in [0.15, 0.2) is 36.4 Å². The number of benzene rings is 2. The zero-order chi connectivity index (χ0) is 13.1. The Bertz CT molecular complexity index is 591. The highest BCUT2D eigenvalue weighted by atomic mass is 35.5. The lowest BCUT2D eigenvalue weighted by molar-refractivity contribution is 0.112. The van der Waals surface area contributed by atoms with E-state index in [0.29, 0.717) is 16.3 Å². The molecule has 18 heavy (non-hydrogen) atoms. The lowest BCUT2D eigenvalue weighted by Crippen LogP contribution is -1.91. The molecule has 2 aromatic carbocycles. The molecule has 2 rings (SSSR count). The number of hydrogen-bond acceptors (Lipinski definition) is 2.